The summed E-state index contributed by atoms with van der Waals surface area (Å²) >= 11 is 0. The molecule has 0 amide bonds. The molecule has 2 heterocycles. The van der Waals surface area contributed by atoms with Gasteiger partial charge in [-0.1, -0.05) is 0 Å². The second-order valence-electron chi connectivity index (χ2n) is 3.27. The summed E-state index contributed by atoms with van der Waals surface area (Å²) in [4.78, 5) is 0. The van der Waals surface area contributed by atoms with Crippen LogP contribution in [0, 0.1) is 0 Å². The van der Waals surface area contributed by atoms with Crippen molar-refractivity contribution in [1.82, 2.24) is 10.6 Å². The fraction of sp³-hybridized carbons (Fsp3) is 1.00. The maximum Gasteiger partial charge on any atom is 0.0636 e. The van der Waals surface area contributed by atoms with Crippen molar-refractivity contribution < 1.29 is 9.47 Å². The quantitative estimate of drug-likeness (QED) is 0.530. The van der Waals surface area contributed by atoms with Gasteiger partial charge >= 0.3 is 0 Å². The van der Waals surface area contributed by atoms with Gasteiger partial charge < -0.3 is 20.1 Å². The van der Waals surface area contributed by atoms with Gasteiger partial charge in [-0.25, -0.2) is 0 Å². The molecular formula is C8H16N2O2. The van der Waals surface area contributed by atoms with E-state index in [4.69, 9.17) is 9.47 Å². The maximum atomic E-state index is 5.38. The lowest BCUT2D eigenvalue weighted by Crippen LogP contribution is -2.58. The molecule has 0 aromatic rings. The van der Waals surface area contributed by atoms with E-state index in [-0.39, 0.29) is 0 Å². The van der Waals surface area contributed by atoms with Crippen molar-refractivity contribution in [2.75, 3.05) is 39.5 Å². The Morgan fingerprint density at radius 2 is 1.33 bits per heavy atom. The first-order chi connectivity index (χ1) is 5.97. The van der Waals surface area contributed by atoms with Gasteiger partial charge in [0, 0.05) is 25.2 Å². The molecular weight excluding hydrogens is 156 g/mol. The Hall–Kier alpha value is -0.160. The lowest BCUT2D eigenvalue weighted by atomic mass is 10.1. The van der Waals surface area contributed by atoms with E-state index >= 15 is 0 Å². The lowest BCUT2D eigenvalue weighted by molar-refractivity contribution is 0.0177. The lowest BCUT2D eigenvalue weighted by Gasteiger charge is -2.34. The van der Waals surface area contributed by atoms with E-state index in [0.717, 1.165) is 39.5 Å². The molecule has 0 aromatic carbocycles. The van der Waals surface area contributed by atoms with E-state index in [1.54, 1.807) is 0 Å². The molecule has 0 bridgehead atoms. The van der Waals surface area contributed by atoms with Crippen molar-refractivity contribution in [3.8, 4) is 0 Å². The van der Waals surface area contributed by atoms with Crippen LogP contribution in [-0.4, -0.2) is 51.6 Å². The second-order valence-corrected chi connectivity index (χ2v) is 3.27. The third-order valence-electron chi connectivity index (χ3n) is 2.39. The van der Waals surface area contributed by atoms with E-state index < -0.39 is 0 Å². The highest BCUT2D eigenvalue weighted by Gasteiger charge is 2.25. The van der Waals surface area contributed by atoms with Gasteiger partial charge in [0.05, 0.1) is 26.4 Å². The molecule has 2 fully saturated rings. The summed E-state index contributed by atoms with van der Waals surface area (Å²) in [6.45, 7) is 5.21. The molecule has 2 saturated heterocycles. The van der Waals surface area contributed by atoms with Crippen LogP contribution in [0.3, 0.4) is 0 Å². The van der Waals surface area contributed by atoms with E-state index in [1.807, 2.05) is 0 Å². The zero-order chi connectivity index (χ0) is 8.23. The van der Waals surface area contributed by atoms with E-state index in [1.165, 1.54) is 0 Å². The molecule has 2 N–H and O–H groups in total. The molecule has 4 nitrogen and oxygen atoms in total. The summed E-state index contributed by atoms with van der Waals surface area (Å²) < 4.78 is 10.8. The van der Waals surface area contributed by atoms with Crippen LogP contribution in [0.2, 0.25) is 0 Å². The molecule has 70 valence electrons. The molecule has 2 aliphatic heterocycles. The summed E-state index contributed by atoms with van der Waals surface area (Å²) in [6.07, 6.45) is 0. The van der Waals surface area contributed by atoms with Crippen LogP contribution in [0.15, 0.2) is 0 Å². The van der Waals surface area contributed by atoms with E-state index in [0.29, 0.717) is 12.1 Å². The fourth-order valence-electron chi connectivity index (χ4n) is 1.69. The minimum absolute atomic E-state index is 0.430. The van der Waals surface area contributed by atoms with Crippen LogP contribution in [0.4, 0.5) is 0 Å². The Kier molecular flexibility index (Phi) is 2.94. The summed E-state index contributed by atoms with van der Waals surface area (Å²) in [7, 11) is 0. The predicted octanol–water partition coefficient (Wildman–Crippen LogP) is -1.04. The first kappa shape index (κ1) is 8.44. The topological polar surface area (TPSA) is 42.5 Å². The number of hydrogen-bond donors (Lipinski definition) is 2. The van der Waals surface area contributed by atoms with Gasteiger partial charge in [0.25, 0.3) is 0 Å². The highest BCUT2D eigenvalue weighted by atomic mass is 16.5. The minimum Gasteiger partial charge on any atom is -0.378 e. The second kappa shape index (κ2) is 4.18. The minimum atomic E-state index is 0.430. The van der Waals surface area contributed by atoms with Crippen molar-refractivity contribution in [1.29, 1.82) is 0 Å². The Balaban J connectivity index is 1.80. The molecule has 2 aliphatic rings. The third-order valence-corrected chi connectivity index (χ3v) is 2.39. The van der Waals surface area contributed by atoms with Gasteiger partial charge in [-0.05, 0) is 0 Å². The number of morpholine rings is 2. The van der Waals surface area contributed by atoms with Crippen molar-refractivity contribution in [3.05, 3.63) is 0 Å². The van der Waals surface area contributed by atoms with Gasteiger partial charge in [-0.3, -0.25) is 0 Å². The molecule has 4 heteroatoms. The Bertz CT molecular complexity index is 115. The van der Waals surface area contributed by atoms with Crippen LogP contribution >= 0.6 is 0 Å². The number of rotatable bonds is 1. The Labute approximate surface area is 72.6 Å². The molecule has 2 atom stereocenters. The normalized spacial score (nSPS) is 38.0. The highest BCUT2D eigenvalue weighted by Crippen LogP contribution is 2.03. The van der Waals surface area contributed by atoms with E-state index in [2.05, 4.69) is 10.6 Å². The monoisotopic (exact) mass is 172 g/mol. The van der Waals surface area contributed by atoms with Crippen LogP contribution in [-0.2, 0) is 9.47 Å². The number of nitrogens with one attached hydrogen (secondary N) is 2. The summed E-state index contributed by atoms with van der Waals surface area (Å²) in [5.74, 6) is 0. The Morgan fingerprint density at radius 3 is 1.67 bits per heavy atom. The van der Waals surface area contributed by atoms with Crippen LogP contribution in [0.1, 0.15) is 0 Å². The van der Waals surface area contributed by atoms with Gasteiger partial charge in [0.1, 0.15) is 0 Å². The van der Waals surface area contributed by atoms with Gasteiger partial charge in [0.15, 0.2) is 0 Å². The first-order valence-corrected chi connectivity index (χ1v) is 4.59. The van der Waals surface area contributed by atoms with Crippen molar-refractivity contribution in [2.45, 2.75) is 12.1 Å². The molecule has 0 radical (unpaired) electrons. The molecule has 0 spiro atoms. The Morgan fingerprint density at radius 1 is 0.833 bits per heavy atom. The van der Waals surface area contributed by atoms with E-state index in [9.17, 15) is 0 Å². The number of hydrogen-bond acceptors (Lipinski definition) is 4. The molecule has 0 unspecified atom stereocenters. The van der Waals surface area contributed by atoms with Crippen LogP contribution in [0.5, 0.6) is 0 Å². The van der Waals surface area contributed by atoms with Gasteiger partial charge in [-0.2, -0.15) is 0 Å². The summed E-state index contributed by atoms with van der Waals surface area (Å²) in [5.41, 5.74) is 0. The van der Waals surface area contributed by atoms with Crippen molar-refractivity contribution in [3.63, 3.8) is 0 Å². The van der Waals surface area contributed by atoms with Gasteiger partial charge in [0.2, 0.25) is 0 Å². The summed E-state index contributed by atoms with van der Waals surface area (Å²) in [5, 5.41) is 6.84. The van der Waals surface area contributed by atoms with Gasteiger partial charge in [-0.15, -0.1) is 0 Å². The zero-order valence-electron chi connectivity index (χ0n) is 7.21. The molecule has 0 aliphatic carbocycles. The standard InChI is InChI=1S/C8H16N2O2/c1-3-11-5-7(9-1)8-6-12-4-2-10-8/h7-10H,1-6H2/t7-,8+. The fourth-order valence-corrected chi connectivity index (χ4v) is 1.69. The molecule has 12 heavy (non-hydrogen) atoms. The molecule has 0 saturated carbocycles. The van der Waals surface area contributed by atoms with Crippen LogP contribution < -0.4 is 10.6 Å². The largest absolute Gasteiger partial charge is 0.378 e. The summed E-state index contributed by atoms with van der Waals surface area (Å²) in [6, 6.07) is 0.859. The highest BCUT2D eigenvalue weighted by molar-refractivity contribution is 4.85. The molecule has 0 aromatic heterocycles. The average molecular weight is 172 g/mol. The van der Waals surface area contributed by atoms with Crippen molar-refractivity contribution in [2.24, 2.45) is 0 Å². The maximum absolute atomic E-state index is 5.38. The predicted molar refractivity (Wildman–Crippen MR) is 45.2 cm³/mol. The zero-order valence-corrected chi connectivity index (χ0v) is 7.21. The number of ether oxygens (including phenoxy) is 2. The smallest absolute Gasteiger partial charge is 0.0636 e. The first-order valence-electron chi connectivity index (χ1n) is 4.59. The van der Waals surface area contributed by atoms with Crippen LogP contribution in [0.25, 0.3) is 0 Å². The SMILES string of the molecule is C1COC[C@@H]([C@H]2COCCN2)N1. The third kappa shape index (κ3) is 1.95. The average Bonchev–Trinajstić information content (AvgIpc) is 2.21. The molecule has 2 rings (SSSR count). The van der Waals surface area contributed by atoms with Crippen molar-refractivity contribution >= 4 is 0 Å².